The third-order valence-corrected chi connectivity index (χ3v) is 11.8. The predicted octanol–water partition coefficient (Wildman–Crippen LogP) is 12.8. The number of aromatic hydroxyl groups is 5. The van der Waals surface area contributed by atoms with Crippen molar-refractivity contribution in [1.29, 1.82) is 0 Å². The molecular weight excluding hydrogens is 859 g/mol. The Morgan fingerprint density at radius 3 is 1.43 bits per heavy atom. The van der Waals surface area contributed by atoms with Gasteiger partial charge in [-0.3, -0.25) is 0 Å². The summed E-state index contributed by atoms with van der Waals surface area (Å²) in [4.78, 5) is 0. The number of ether oxygens (including phenoxy) is 1. The van der Waals surface area contributed by atoms with E-state index in [-0.39, 0.29) is 35.2 Å². The maximum Gasteiger partial charge on any atom is 0.133 e. The summed E-state index contributed by atoms with van der Waals surface area (Å²) in [6.45, 7) is 13.9. The molecule has 0 aliphatic heterocycles. The molecule has 0 spiro atoms. The summed E-state index contributed by atoms with van der Waals surface area (Å²) in [5, 5.41) is 57.1. The third kappa shape index (κ3) is 9.70. The smallest absolute Gasteiger partial charge is 0.133 e. The number of aryl methyl sites for hydroxylation is 7. The Labute approximate surface area is 360 Å². The summed E-state index contributed by atoms with van der Waals surface area (Å²) >= 11 is 8.81. The van der Waals surface area contributed by atoms with Gasteiger partial charge in [0.15, 0.2) is 0 Å². The van der Waals surface area contributed by atoms with Crippen LogP contribution in [0.3, 0.4) is 0 Å². The second-order valence-electron chi connectivity index (χ2n) is 15.9. The van der Waals surface area contributed by atoms with Gasteiger partial charge in [-0.15, -0.1) is 0 Å². The zero-order valence-electron chi connectivity index (χ0n) is 34.3. The fourth-order valence-electron chi connectivity index (χ4n) is 8.05. The van der Waals surface area contributed by atoms with E-state index < -0.39 is 0 Å². The molecule has 0 aromatic heterocycles. The predicted molar refractivity (Wildman–Crippen MR) is 243 cm³/mol. The molecule has 0 unspecified atom stereocenters. The lowest BCUT2D eigenvalue weighted by Gasteiger charge is -2.20. The van der Waals surface area contributed by atoms with Crippen molar-refractivity contribution in [3.05, 3.63) is 165 Å². The van der Waals surface area contributed by atoms with Gasteiger partial charge in [0.25, 0.3) is 0 Å². The molecule has 0 amide bonds. The van der Waals surface area contributed by atoms with E-state index in [1.807, 2.05) is 90.1 Å². The maximum absolute atomic E-state index is 11.7. The lowest BCUT2D eigenvalue weighted by Crippen LogP contribution is -2.02. The van der Waals surface area contributed by atoms with E-state index >= 15 is 0 Å². The number of benzene rings is 6. The van der Waals surface area contributed by atoms with Gasteiger partial charge in [0, 0.05) is 47.4 Å². The molecule has 302 valence electrons. The van der Waals surface area contributed by atoms with Crippen LogP contribution in [0.25, 0.3) is 0 Å². The van der Waals surface area contributed by atoms with Gasteiger partial charge in [0.1, 0.15) is 40.2 Å². The van der Waals surface area contributed by atoms with Crippen molar-refractivity contribution in [3.8, 4) is 40.2 Å². The van der Waals surface area contributed by atoms with Gasteiger partial charge in [0.2, 0.25) is 0 Å². The van der Waals surface area contributed by atoms with Crippen LogP contribution in [0.1, 0.15) is 103 Å². The molecule has 6 rings (SSSR count). The Kier molecular flexibility index (Phi) is 13.2. The van der Waals surface area contributed by atoms with Crippen LogP contribution < -0.4 is 4.74 Å². The molecule has 0 aliphatic rings. The first-order valence-corrected chi connectivity index (χ1v) is 21.2. The summed E-state index contributed by atoms with van der Waals surface area (Å²) in [7, 11) is 0. The fourth-order valence-corrected chi connectivity index (χ4v) is 9.15. The first-order chi connectivity index (χ1) is 27.5. The topological polar surface area (TPSA) is 110 Å². The van der Waals surface area contributed by atoms with Gasteiger partial charge >= 0.3 is 0 Å². The van der Waals surface area contributed by atoms with Crippen LogP contribution in [0.4, 0.5) is 0 Å². The minimum atomic E-state index is 0.117. The molecule has 0 heterocycles. The summed E-state index contributed by atoms with van der Waals surface area (Å²) in [6, 6.07) is 23.0. The van der Waals surface area contributed by atoms with Crippen molar-refractivity contribution < 1.29 is 30.3 Å². The Morgan fingerprint density at radius 2 is 0.862 bits per heavy atom. The van der Waals surface area contributed by atoms with Crippen LogP contribution in [-0.4, -0.2) is 25.5 Å². The highest BCUT2D eigenvalue weighted by atomic mass is 127. The monoisotopic (exact) mass is 910 g/mol. The number of hydrogen-bond acceptors (Lipinski definition) is 6. The van der Waals surface area contributed by atoms with Gasteiger partial charge in [-0.05, 0) is 157 Å². The Hall–Kier alpha value is -4.86. The van der Waals surface area contributed by atoms with Crippen molar-refractivity contribution in [2.75, 3.05) is 0 Å². The zero-order valence-corrected chi connectivity index (χ0v) is 37.2. The minimum absolute atomic E-state index is 0.117. The number of phenols is 5. The molecule has 0 aliphatic carbocycles. The average molecular weight is 911 g/mol. The Balaban J connectivity index is 1.36. The van der Waals surface area contributed by atoms with Gasteiger partial charge in [-0.1, -0.05) is 84.1 Å². The summed E-state index contributed by atoms with van der Waals surface area (Å²) in [5.41, 5.74) is 12.1. The molecule has 5 N–H and O–H groups in total. The maximum atomic E-state index is 11.7. The second kappa shape index (κ2) is 18.0. The highest BCUT2D eigenvalue weighted by Crippen LogP contribution is 2.41. The molecule has 58 heavy (non-hydrogen) atoms. The third-order valence-electron chi connectivity index (χ3n) is 10.7. The molecular formula is C50H52ClIO6. The Bertz CT molecular complexity index is 2520. The minimum Gasteiger partial charge on any atom is -0.507 e. The molecule has 0 saturated heterocycles. The van der Waals surface area contributed by atoms with Gasteiger partial charge in [-0.25, -0.2) is 0 Å². The normalized spacial score (nSPS) is 11.3. The van der Waals surface area contributed by atoms with Crippen LogP contribution in [0, 0.1) is 45.1 Å². The second-order valence-corrected chi connectivity index (χ2v) is 17.5. The molecule has 0 saturated carbocycles. The quantitative estimate of drug-likeness (QED) is 0.0738. The van der Waals surface area contributed by atoms with Crippen LogP contribution in [0.2, 0.25) is 5.02 Å². The number of unbranched alkanes of at least 4 members (excludes halogenated alkanes) is 1. The molecule has 8 heteroatoms. The van der Waals surface area contributed by atoms with Gasteiger partial charge < -0.3 is 30.3 Å². The molecule has 6 aromatic rings. The van der Waals surface area contributed by atoms with Crippen molar-refractivity contribution in [2.24, 2.45) is 0 Å². The first-order valence-electron chi connectivity index (χ1n) is 19.7. The summed E-state index contributed by atoms with van der Waals surface area (Å²) in [6.07, 6.45) is 3.73. The van der Waals surface area contributed by atoms with E-state index in [2.05, 4.69) is 41.6 Å². The van der Waals surface area contributed by atoms with E-state index in [0.29, 0.717) is 75.6 Å². The van der Waals surface area contributed by atoms with E-state index in [9.17, 15) is 25.5 Å². The Morgan fingerprint density at radius 1 is 0.466 bits per heavy atom. The summed E-state index contributed by atoms with van der Waals surface area (Å²) in [5.74, 6) is 2.05. The largest absolute Gasteiger partial charge is 0.507 e. The number of rotatable bonds is 13. The van der Waals surface area contributed by atoms with Crippen LogP contribution in [0.15, 0.2) is 72.8 Å². The molecule has 0 fully saturated rings. The van der Waals surface area contributed by atoms with E-state index in [1.54, 1.807) is 12.1 Å². The highest BCUT2D eigenvalue weighted by molar-refractivity contribution is 14.1. The van der Waals surface area contributed by atoms with Crippen molar-refractivity contribution in [2.45, 2.75) is 93.4 Å². The first kappa shape index (κ1) is 42.7. The van der Waals surface area contributed by atoms with Gasteiger partial charge in [-0.2, -0.15) is 0 Å². The SMILES string of the molecule is CCCCc1cc(Oc2c(C)cc(C)cc2Cc2cc(Cl)cc(Cc3cc(C)cc(C)c3O)c2O)cc(Cc2cc(C)cc(Cc3cc(C)cc(I)c3O)c2O)c1O. The lowest BCUT2D eigenvalue weighted by atomic mass is 9.93. The van der Waals surface area contributed by atoms with Crippen LogP contribution >= 0.6 is 34.2 Å². The number of halogens is 2. The fraction of sp³-hybridized carbons (Fsp3) is 0.280. The number of hydrogen-bond donors (Lipinski definition) is 5. The van der Waals surface area contributed by atoms with E-state index in [1.165, 1.54) is 0 Å². The lowest BCUT2D eigenvalue weighted by molar-refractivity contribution is 0.445. The van der Waals surface area contributed by atoms with E-state index in [4.69, 9.17) is 16.3 Å². The summed E-state index contributed by atoms with van der Waals surface area (Å²) < 4.78 is 7.56. The highest BCUT2D eigenvalue weighted by Gasteiger charge is 2.21. The molecule has 0 radical (unpaired) electrons. The molecule has 6 nitrogen and oxygen atoms in total. The van der Waals surface area contributed by atoms with Crippen molar-refractivity contribution in [1.82, 2.24) is 0 Å². The molecule has 6 aromatic carbocycles. The zero-order chi connectivity index (χ0) is 42.0. The van der Waals surface area contributed by atoms with Crippen molar-refractivity contribution in [3.63, 3.8) is 0 Å². The standard InChI is InChI=1S/C50H52ClIO6/c1-8-9-10-33-25-43(26-40(46(33)54)21-36-15-29(4)14-35(47(36)55)20-37-16-30(5)18-44(52)49(37)57)58-50-32(7)12-28(3)17-41(50)22-39-24-42(51)23-38(48(39)56)19-34-13-27(2)11-31(6)45(34)53/h11-18,23-26,53-57H,8-10,19-22H2,1-7H3. The number of phenolic OH excluding ortho intramolecular Hbond substituents is 5. The average Bonchev–Trinajstić information content (AvgIpc) is 3.14. The van der Waals surface area contributed by atoms with Gasteiger partial charge in [0.05, 0.1) is 3.57 Å². The van der Waals surface area contributed by atoms with E-state index in [0.717, 1.165) is 66.5 Å². The van der Waals surface area contributed by atoms with Crippen molar-refractivity contribution >= 4 is 34.2 Å². The molecule has 0 bridgehead atoms. The van der Waals surface area contributed by atoms with Crippen LogP contribution in [0.5, 0.6) is 40.2 Å². The van der Waals surface area contributed by atoms with Crippen LogP contribution in [-0.2, 0) is 32.1 Å². The molecule has 0 atom stereocenters.